The van der Waals surface area contributed by atoms with Gasteiger partial charge >= 0.3 is 0 Å². The average Bonchev–Trinajstić information content (AvgIpc) is 2.74. The van der Waals surface area contributed by atoms with Gasteiger partial charge in [-0.2, -0.15) is 0 Å². The molecule has 2 heterocycles. The van der Waals surface area contributed by atoms with Gasteiger partial charge in [-0.25, -0.2) is 0 Å². The van der Waals surface area contributed by atoms with Crippen molar-refractivity contribution < 1.29 is 4.74 Å². The summed E-state index contributed by atoms with van der Waals surface area (Å²) in [6, 6.07) is 0.720. The van der Waals surface area contributed by atoms with E-state index >= 15 is 0 Å². The number of ether oxygens (including phenoxy) is 1. The topological polar surface area (TPSA) is 24.5 Å². The van der Waals surface area contributed by atoms with E-state index < -0.39 is 0 Å². The van der Waals surface area contributed by atoms with Gasteiger partial charge in [-0.1, -0.05) is 6.92 Å². The molecule has 2 aliphatic rings. The van der Waals surface area contributed by atoms with Crippen molar-refractivity contribution in [2.75, 3.05) is 33.3 Å². The first-order valence-electron chi connectivity index (χ1n) is 6.79. The Bertz CT molecular complexity index is 204. The molecule has 0 aliphatic carbocycles. The lowest BCUT2D eigenvalue weighted by Gasteiger charge is -2.35. The van der Waals surface area contributed by atoms with Crippen molar-refractivity contribution in [3.63, 3.8) is 0 Å². The molecule has 2 rings (SSSR count). The molecule has 3 nitrogen and oxygen atoms in total. The van der Waals surface area contributed by atoms with Gasteiger partial charge in [0.05, 0.1) is 6.10 Å². The molecule has 0 aromatic carbocycles. The Morgan fingerprint density at radius 1 is 1.38 bits per heavy atom. The first kappa shape index (κ1) is 12.3. The van der Waals surface area contributed by atoms with Crippen LogP contribution in [0.5, 0.6) is 0 Å². The molecule has 3 atom stereocenters. The average molecular weight is 226 g/mol. The van der Waals surface area contributed by atoms with E-state index in [1.54, 1.807) is 0 Å². The maximum atomic E-state index is 5.64. The van der Waals surface area contributed by atoms with E-state index in [-0.39, 0.29) is 0 Å². The lowest BCUT2D eigenvalue weighted by Crippen LogP contribution is -2.47. The fourth-order valence-corrected chi connectivity index (χ4v) is 2.96. The maximum Gasteiger partial charge on any atom is 0.0588 e. The highest BCUT2D eigenvalue weighted by atomic mass is 16.5. The van der Waals surface area contributed by atoms with E-state index in [0.717, 1.165) is 25.1 Å². The fraction of sp³-hybridized carbons (Fsp3) is 1.00. The van der Waals surface area contributed by atoms with Crippen LogP contribution in [0.2, 0.25) is 0 Å². The van der Waals surface area contributed by atoms with E-state index in [9.17, 15) is 0 Å². The normalized spacial score (nSPS) is 36.8. The summed E-state index contributed by atoms with van der Waals surface area (Å²) in [7, 11) is 2.22. The second-order valence-electron chi connectivity index (χ2n) is 5.51. The van der Waals surface area contributed by atoms with Gasteiger partial charge in [-0.05, 0) is 51.7 Å². The molecule has 0 amide bonds. The molecule has 2 saturated heterocycles. The SMILES string of the molecule is CC1CN(C)CCC1NCCC1CCCO1. The number of hydrogen-bond acceptors (Lipinski definition) is 3. The Morgan fingerprint density at radius 3 is 2.94 bits per heavy atom. The van der Waals surface area contributed by atoms with Crippen molar-refractivity contribution in [3.8, 4) is 0 Å². The standard InChI is InChI=1S/C13H26N2O/c1-11-10-15(2)8-6-13(11)14-7-5-12-4-3-9-16-12/h11-14H,3-10H2,1-2H3. The first-order chi connectivity index (χ1) is 7.75. The summed E-state index contributed by atoms with van der Waals surface area (Å²) < 4.78 is 5.64. The fourth-order valence-electron chi connectivity index (χ4n) is 2.96. The van der Waals surface area contributed by atoms with Crippen molar-refractivity contribution >= 4 is 0 Å². The highest BCUT2D eigenvalue weighted by Gasteiger charge is 2.24. The molecule has 0 radical (unpaired) electrons. The number of nitrogens with zero attached hydrogens (tertiary/aromatic N) is 1. The summed E-state index contributed by atoms with van der Waals surface area (Å²) >= 11 is 0. The van der Waals surface area contributed by atoms with E-state index in [4.69, 9.17) is 4.74 Å². The minimum Gasteiger partial charge on any atom is -0.378 e. The van der Waals surface area contributed by atoms with Crippen molar-refractivity contribution in [1.29, 1.82) is 0 Å². The molecule has 16 heavy (non-hydrogen) atoms. The molecule has 0 bridgehead atoms. The van der Waals surface area contributed by atoms with Crippen LogP contribution in [0.4, 0.5) is 0 Å². The van der Waals surface area contributed by atoms with Gasteiger partial charge in [0, 0.05) is 19.2 Å². The summed E-state index contributed by atoms with van der Waals surface area (Å²) in [5.41, 5.74) is 0. The first-order valence-corrected chi connectivity index (χ1v) is 6.79. The van der Waals surface area contributed by atoms with Crippen molar-refractivity contribution in [2.24, 2.45) is 5.92 Å². The van der Waals surface area contributed by atoms with Crippen LogP contribution in [0.15, 0.2) is 0 Å². The van der Waals surface area contributed by atoms with Crippen molar-refractivity contribution in [2.45, 2.75) is 44.8 Å². The van der Waals surface area contributed by atoms with Crippen molar-refractivity contribution in [1.82, 2.24) is 10.2 Å². The second kappa shape index (κ2) is 5.99. The van der Waals surface area contributed by atoms with Gasteiger partial charge in [-0.15, -0.1) is 0 Å². The number of hydrogen-bond donors (Lipinski definition) is 1. The summed E-state index contributed by atoms with van der Waals surface area (Å²) in [6.45, 7) is 6.94. The Balaban J connectivity index is 1.61. The molecule has 0 saturated carbocycles. The van der Waals surface area contributed by atoms with Gasteiger partial charge in [0.1, 0.15) is 0 Å². The zero-order chi connectivity index (χ0) is 11.4. The van der Waals surface area contributed by atoms with Crippen LogP contribution in [0, 0.1) is 5.92 Å². The van der Waals surface area contributed by atoms with E-state index in [1.165, 1.54) is 38.8 Å². The third-order valence-corrected chi connectivity index (χ3v) is 4.01. The Kier molecular flexibility index (Phi) is 4.62. The van der Waals surface area contributed by atoms with E-state index in [1.807, 2.05) is 0 Å². The molecule has 94 valence electrons. The Morgan fingerprint density at radius 2 is 2.25 bits per heavy atom. The third kappa shape index (κ3) is 3.44. The Labute approximate surface area is 99.5 Å². The van der Waals surface area contributed by atoms with E-state index in [0.29, 0.717) is 6.10 Å². The molecule has 2 aliphatic heterocycles. The molecule has 1 N–H and O–H groups in total. The van der Waals surface area contributed by atoms with Crippen LogP contribution in [-0.4, -0.2) is 50.3 Å². The minimum absolute atomic E-state index is 0.536. The second-order valence-corrected chi connectivity index (χ2v) is 5.51. The highest BCUT2D eigenvalue weighted by molar-refractivity contribution is 4.81. The van der Waals surface area contributed by atoms with Gasteiger partial charge in [0.25, 0.3) is 0 Å². The quantitative estimate of drug-likeness (QED) is 0.786. The monoisotopic (exact) mass is 226 g/mol. The van der Waals surface area contributed by atoms with Crippen LogP contribution in [0.25, 0.3) is 0 Å². The highest BCUT2D eigenvalue weighted by Crippen LogP contribution is 2.17. The zero-order valence-corrected chi connectivity index (χ0v) is 10.7. The predicted molar refractivity (Wildman–Crippen MR) is 66.7 cm³/mol. The summed E-state index contributed by atoms with van der Waals surface area (Å²) in [5, 5.41) is 3.71. The molecule has 2 fully saturated rings. The third-order valence-electron chi connectivity index (χ3n) is 4.01. The van der Waals surface area contributed by atoms with Crippen LogP contribution in [-0.2, 0) is 4.74 Å². The minimum atomic E-state index is 0.536. The van der Waals surface area contributed by atoms with Crippen LogP contribution >= 0.6 is 0 Å². The lowest BCUT2D eigenvalue weighted by atomic mass is 9.94. The smallest absolute Gasteiger partial charge is 0.0588 e. The molecular formula is C13H26N2O. The summed E-state index contributed by atoms with van der Waals surface area (Å²) in [4.78, 5) is 2.43. The summed E-state index contributed by atoms with van der Waals surface area (Å²) in [5.74, 6) is 0.781. The number of likely N-dealkylation sites (tertiary alicyclic amines) is 1. The molecule has 3 heteroatoms. The van der Waals surface area contributed by atoms with Crippen molar-refractivity contribution in [3.05, 3.63) is 0 Å². The van der Waals surface area contributed by atoms with Crippen LogP contribution in [0.3, 0.4) is 0 Å². The van der Waals surface area contributed by atoms with Gasteiger partial charge < -0.3 is 15.0 Å². The van der Waals surface area contributed by atoms with Gasteiger partial charge in [0.2, 0.25) is 0 Å². The molecule has 0 aromatic heterocycles. The summed E-state index contributed by atoms with van der Waals surface area (Å²) in [6.07, 6.45) is 5.55. The molecule has 3 unspecified atom stereocenters. The maximum absolute atomic E-state index is 5.64. The predicted octanol–water partition coefficient (Wildman–Crippen LogP) is 1.49. The number of piperidine rings is 1. The Hall–Kier alpha value is -0.120. The zero-order valence-electron chi connectivity index (χ0n) is 10.7. The largest absolute Gasteiger partial charge is 0.378 e. The van der Waals surface area contributed by atoms with Crippen LogP contribution in [0.1, 0.15) is 32.6 Å². The van der Waals surface area contributed by atoms with Crippen LogP contribution < -0.4 is 5.32 Å². The molecule has 0 aromatic rings. The lowest BCUT2D eigenvalue weighted by molar-refractivity contribution is 0.100. The van der Waals surface area contributed by atoms with Gasteiger partial charge in [0.15, 0.2) is 0 Å². The van der Waals surface area contributed by atoms with Gasteiger partial charge in [-0.3, -0.25) is 0 Å². The molecular weight excluding hydrogens is 200 g/mol. The number of rotatable bonds is 4. The van der Waals surface area contributed by atoms with E-state index in [2.05, 4.69) is 24.2 Å². The molecule has 0 spiro atoms. The number of nitrogens with one attached hydrogen (secondary N) is 1.